The molecule has 144 valence electrons. The number of rotatable bonds is 5. The smallest absolute Gasteiger partial charge is 0.267 e. The number of aryl methyl sites for hydroxylation is 2. The first kappa shape index (κ1) is 19.4. The van der Waals surface area contributed by atoms with Crippen LogP contribution in [0, 0.1) is 13.8 Å². The molecular weight excluding hydrogens is 354 g/mol. The van der Waals surface area contributed by atoms with E-state index in [2.05, 4.69) is 10.4 Å². The standard InChI is InChI=1S/C22H23N3O3/c1-14-6-5-7-15(2)21(14)23-22(27)16(3)25-20(26)13-12-19(24-25)17-8-10-18(28-4)11-9-17/h5-13,16H,1-4H3,(H,23,27). The van der Waals surface area contributed by atoms with E-state index in [1.165, 1.54) is 10.7 Å². The van der Waals surface area contributed by atoms with Crippen LogP contribution in [-0.4, -0.2) is 22.8 Å². The highest BCUT2D eigenvalue weighted by Crippen LogP contribution is 2.22. The van der Waals surface area contributed by atoms with Crippen molar-refractivity contribution in [2.45, 2.75) is 26.8 Å². The van der Waals surface area contributed by atoms with Crippen molar-refractivity contribution in [2.75, 3.05) is 12.4 Å². The number of anilines is 1. The first-order valence-corrected chi connectivity index (χ1v) is 9.02. The zero-order valence-electron chi connectivity index (χ0n) is 16.4. The van der Waals surface area contributed by atoms with E-state index in [0.717, 1.165) is 28.1 Å². The zero-order valence-corrected chi connectivity index (χ0v) is 16.4. The number of para-hydroxylation sites is 1. The predicted molar refractivity (Wildman–Crippen MR) is 110 cm³/mol. The molecule has 0 aliphatic carbocycles. The Morgan fingerprint density at radius 3 is 2.29 bits per heavy atom. The van der Waals surface area contributed by atoms with E-state index in [4.69, 9.17) is 4.74 Å². The van der Waals surface area contributed by atoms with Gasteiger partial charge in [-0.15, -0.1) is 0 Å². The summed E-state index contributed by atoms with van der Waals surface area (Å²) in [5.74, 6) is 0.442. The van der Waals surface area contributed by atoms with Crippen LogP contribution in [-0.2, 0) is 4.79 Å². The number of amides is 1. The van der Waals surface area contributed by atoms with Crippen molar-refractivity contribution in [3.05, 3.63) is 76.1 Å². The maximum Gasteiger partial charge on any atom is 0.267 e. The number of ether oxygens (including phenoxy) is 1. The molecule has 0 radical (unpaired) electrons. The van der Waals surface area contributed by atoms with Gasteiger partial charge in [-0.2, -0.15) is 5.10 Å². The summed E-state index contributed by atoms with van der Waals surface area (Å²) in [5, 5.41) is 7.33. The van der Waals surface area contributed by atoms with Crippen LogP contribution < -0.4 is 15.6 Å². The first-order chi connectivity index (χ1) is 13.4. The lowest BCUT2D eigenvalue weighted by molar-refractivity contribution is -0.119. The summed E-state index contributed by atoms with van der Waals surface area (Å²) in [6.45, 7) is 5.53. The number of carbonyl (C=O) groups is 1. The van der Waals surface area contributed by atoms with Gasteiger partial charge in [0.2, 0.25) is 5.91 Å². The van der Waals surface area contributed by atoms with Crippen molar-refractivity contribution < 1.29 is 9.53 Å². The Morgan fingerprint density at radius 1 is 1.04 bits per heavy atom. The number of benzene rings is 2. The van der Waals surface area contributed by atoms with Gasteiger partial charge in [-0.05, 0) is 62.2 Å². The number of hydrogen-bond acceptors (Lipinski definition) is 4. The summed E-state index contributed by atoms with van der Waals surface area (Å²) in [7, 11) is 1.60. The summed E-state index contributed by atoms with van der Waals surface area (Å²) < 4.78 is 6.38. The second-order valence-corrected chi connectivity index (χ2v) is 6.66. The largest absolute Gasteiger partial charge is 0.497 e. The van der Waals surface area contributed by atoms with Gasteiger partial charge in [0, 0.05) is 17.3 Å². The number of carbonyl (C=O) groups excluding carboxylic acids is 1. The van der Waals surface area contributed by atoms with Gasteiger partial charge < -0.3 is 10.1 Å². The predicted octanol–water partition coefficient (Wildman–Crippen LogP) is 3.74. The SMILES string of the molecule is COc1ccc(-c2ccc(=O)n(C(C)C(=O)Nc3c(C)cccc3C)n2)cc1. The van der Waals surface area contributed by atoms with E-state index >= 15 is 0 Å². The Bertz CT molecular complexity index is 1040. The Balaban J connectivity index is 1.89. The molecule has 1 atom stereocenters. The third-order valence-corrected chi connectivity index (χ3v) is 4.69. The van der Waals surface area contributed by atoms with Crippen LogP contribution in [0.2, 0.25) is 0 Å². The normalized spacial score (nSPS) is 11.7. The van der Waals surface area contributed by atoms with Gasteiger partial charge in [0.15, 0.2) is 0 Å². The van der Waals surface area contributed by atoms with Gasteiger partial charge in [0.05, 0.1) is 12.8 Å². The lowest BCUT2D eigenvalue weighted by Crippen LogP contribution is -2.33. The molecule has 28 heavy (non-hydrogen) atoms. The fraction of sp³-hybridized carbons (Fsp3) is 0.227. The van der Waals surface area contributed by atoms with Crippen LogP contribution in [0.5, 0.6) is 5.75 Å². The molecule has 0 spiro atoms. The molecule has 0 saturated carbocycles. The quantitative estimate of drug-likeness (QED) is 0.735. The molecule has 1 amide bonds. The van der Waals surface area contributed by atoms with E-state index in [9.17, 15) is 9.59 Å². The van der Waals surface area contributed by atoms with Crippen LogP contribution in [0.4, 0.5) is 5.69 Å². The maximum atomic E-state index is 12.8. The molecule has 0 bridgehead atoms. The molecule has 6 heteroatoms. The van der Waals surface area contributed by atoms with Crippen molar-refractivity contribution in [3.63, 3.8) is 0 Å². The highest BCUT2D eigenvalue weighted by atomic mass is 16.5. The van der Waals surface area contributed by atoms with Crippen LogP contribution >= 0.6 is 0 Å². The molecule has 6 nitrogen and oxygen atoms in total. The van der Waals surface area contributed by atoms with Crippen LogP contribution in [0.1, 0.15) is 24.1 Å². The monoisotopic (exact) mass is 377 g/mol. The average molecular weight is 377 g/mol. The molecule has 0 fully saturated rings. The minimum absolute atomic E-state index is 0.293. The maximum absolute atomic E-state index is 12.8. The van der Waals surface area contributed by atoms with E-state index in [1.54, 1.807) is 20.1 Å². The minimum atomic E-state index is -0.760. The zero-order chi connectivity index (χ0) is 20.3. The second kappa shape index (κ2) is 8.08. The highest BCUT2D eigenvalue weighted by molar-refractivity contribution is 5.94. The van der Waals surface area contributed by atoms with Gasteiger partial charge in [-0.3, -0.25) is 9.59 Å². The van der Waals surface area contributed by atoms with Gasteiger partial charge >= 0.3 is 0 Å². The lowest BCUT2D eigenvalue weighted by Gasteiger charge is -2.17. The number of hydrogen-bond donors (Lipinski definition) is 1. The summed E-state index contributed by atoms with van der Waals surface area (Å²) in [4.78, 5) is 25.1. The van der Waals surface area contributed by atoms with Gasteiger partial charge in [0.25, 0.3) is 5.56 Å². The van der Waals surface area contributed by atoms with Crippen LogP contribution in [0.15, 0.2) is 59.4 Å². The topological polar surface area (TPSA) is 73.2 Å². The first-order valence-electron chi connectivity index (χ1n) is 9.02. The average Bonchev–Trinajstić information content (AvgIpc) is 2.70. The summed E-state index contributed by atoms with van der Waals surface area (Å²) in [5.41, 5.74) is 3.80. The highest BCUT2D eigenvalue weighted by Gasteiger charge is 2.19. The van der Waals surface area contributed by atoms with Crippen molar-refractivity contribution in [3.8, 4) is 17.0 Å². The lowest BCUT2D eigenvalue weighted by atomic mass is 10.1. The Morgan fingerprint density at radius 2 is 1.68 bits per heavy atom. The number of methoxy groups -OCH3 is 1. The molecule has 1 heterocycles. The second-order valence-electron chi connectivity index (χ2n) is 6.66. The van der Waals surface area contributed by atoms with E-state index in [0.29, 0.717) is 5.69 Å². The van der Waals surface area contributed by atoms with Crippen molar-refractivity contribution >= 4 is 11.6 Å². The van der Waals surface area contributed by atoms with Crippen molar-refractivity contribution in [1.82, 2.24) is 9.78 Å². The summed E-state index contributed by atoms with van der Waals surface area (Å²) in [6.07, 6.45) is 0. The van der Waals surface area contributed by atoms with Crippen molar-refractivity contribution in [1.29, 1.82) is 0 Å². The van der Waals surface area contributed by atoms with Gasteiger partial charge in [-0.25, -0.2) is 4.68 Å². The van der Waals surface area contributed by atoms with Crippen molar-refractivity contribution in [2.24, 2.45) is 0 Å². The third-order valence-electron chi connectivity index (χ3n) is 4.69. The molecule has 1 aromatic heterocycles. The Labute approximate surface area is 163 Å². The Hall–Kier alpha value is -3.41. The fourth-order valence-corrected chi connectivity index (χ4v) is 2.97. The van der Waals surface area contributed by atoms with Gasteiger partial charge in [-0.1, -0.05) is 18.2 Å². The van der Waals surface area contributed by atoms with E-state index in [1.807, 2.05) is 56.3 Å². The number of nitrogens with one attached hydrogen (secondary N) is 1. The molecule has 2 aromatic carbocycles. The fourth-order valence-electron chi connectivity index (χ4n) is 2.97. The van der Waals surface area contributed by atoms with Crippen LogP contribution in [0.25, 0.3) is 11.3 Å². The third kappa shape index (κ3) is 3.96. The minimum Gasteiger partial charge on any atom is -0.497 e. The molecule has 0 aliphatic rings. The molecule has 1 N–H and O–H groups in total. The molecule has 3 aromatic rings. The molecule has 0 aliphatic heterocycles. The van der Waals surface area contributed by atoms with E-state index < -0.39 is 6.04 Å². The summed E-state index contributed by atoms with van der Waals surface area (Å²) in [6, 6.07) is 15.5. The molecule has 1 unspecified atom stereocenters. The Kier molecular flexibility index (Phi) is 5.59. The van der Waals surface area contributed by atoms with E-state index in [-0.39, 0.29) is 11.5 Å². The van der Waals surface area contributed by atoms with Gasteiger partial charge in [0.1, 0.15) is 11.8 Å². The summed E-state index contributed by atoms with van der Waals surface area (Å²) >= 11 is 0. The number of aromatic nitrogens is 2. The van der Waals surface area contributed by atoms with Crippen LogP contribution in [0.3, 0.4) is 0 Å². The molecule has 0 saturated heterocycles. The molecule has 3 rings (SSSR count). The molecular formula is C22H23N3O3. The number of nitrogens with zero attached hydrogens (tertiary/aromatic N) is 2.